The van der Waals surface area contributed by atoms with Gasteiger partial charge in [0, 0.05) is 18.9 Å². The molecule has 1 aromatic rings. The summed E-state index contributed by atoms with van der Waals surface area (Å²) < 4.78 is 18.5. The van der Waals surface area contributed by atoms with Crippen molar-refractivity contribution in [2.75, 3.05) is 7.11 Å². The number of pyridine rings is 1. The van der Waals surface area contributed by atoms with E-state index < -0.39 is 0 Å². The van der Waals surface area contributed by atoms with Crippen LogP contribution in [0.2, 0.25) is 0 Å². The van der Waals surface area contributed by atoms with Crippen LogP contribution in [0.1, 0.15) is 24.9 Å². The van der Waals surface area contributed by atoms with Crippen molar-refractivity contribution in [2.45, 2.75) is 25.5 Å². The van der Waals surface area contributed by atoms with E-state index in [0.717, 1.165) is 0 Å². The molecule has 5 heteroatoms. The molecule has 3 N–H and O–H groups in total. The third kappa shape index (κ3) is 3.23. The first kappa shape index (κ1) is 12.0. The first-order chi connectivity index (χ1) is 7.19. The Bertz CT molecular complexity index is 308. The number of rotatable bonds is 5. The van der Waals surface area contributed by atoms with Gasteiger partial charge < -0.3 is 4.74 Å². The van der Waals surface area contributed by atoms with Gasteiger partial charge in [-0.05, 0) is 19.4 Å². The van der Waals surface area contributed by atoms with Crippen LogP contribution in [0.4, 0.5) is 4.39 Å². The summed E-state index contributed by atoms with van der Waals surface area (Å²) in [4.78, 5) is 3.69. The van der Waals surface area contributed by atoms with Crippen LogP contribution in [0.15, 0.2) is 18.5 Å². The second kappa shape index (κ2) is 5.75. The van der Waals surface area contributed by atoms with Gasteiger partial charge in [-0.1, -0.05) is 0 Å². The molecule has 0 bridgehead atoms. The van der Waals surface area contributed by atoms with Crippen molar-refractivity contribution >= 4 is 0 Å². The van der Waals surface area contributed by atoms with Gasteiger partial charge in [-0.25, -0.2) is 4.39 Å². The highest BCUT2D eigenvalue weighted by Gasteiger charge is 2.16. The number of hydrazine groups is 1. The van der Waals surface area contributed by atoms with Gasteiger partial charge >= 0.3 is 0 Å². The average molecular weight is 213 g/mol. The van der Waals surface area contributed by atoms with Crippen molar-refractivity contribution in [3.05, 3.63) is 29.8 Å². The zero-order valence-electron chi connectivity index (χ0n) is 8.90. The van der Waals surface area contributed by atoms with E-state index in [2.05, 4.69) is 10.4 Å². The average Bonchev–Trinajstić information content (AvgIpc) is 2.26. The smallest absolute Gasteiger partial charge is 0.146 e. The predicted molar refractivity (Wildman–Crippen MR) is 55.3 cm³/mol. The molecule has 0 aromatic carbocycles. The van der Waals surface area contributed by atoms with E-state index in [1.807, 2.05) is 6.92 Å². The van der Waals surface area contributed by atoms with Gasteiger partial charge in [0.2, 0.25) is 0 Å². The monoisotopic (exact) mass is 213 g/mol. The van der Waals surface area contributed by atoms with Gasteiger partial charge in [-0.2, -0.15) is 0 Å². The van der Waals surface area contributed by atoms with Crippen LogP contribution in [0.3, 0.4) is 0 Å². The Labute approximate surface area is 88.6 Å². The fourth-order valence-corrected chi connectivity index (χ4v) is 1.38. The van der Waals surface area contributed by atoms with Gasteiger partial charge in [0.15, 0.2) is 0 Å². The van der Waals surface area contributed by atoms with Gasteiger partial charge in [-0.3, -0.25) is 16.3 Å². The first-order valence-corrected chi connectivity index (χ1v) is 4.77. The summed E-state index contributed by atoms with van der Waals surface area (Å²) in [6.07, 6.45) is 3.34. The molecule has 2 atom stereocenters. The van der Waals surface area contributed by atoms with Crippen molar-refractivity contribution in [1.29, 1.82) is 0 Å². The molecule has 1 heterocycles. The molecule has 0 spiro atoms. The number of nitrogens with one attached hydrogen (secondary N) is 1. The number of ether oxygens (including phenoxy) is 1. The third-order valence-electron chi connectivity index (χ3n) is 2.35. The Morgan fingerprint density at radius 3 is 2.93 bits per heavy atom. The summed E-state index contributed by atoms with van der Waals surface area (Å²) in [5.74, 6) is 5.03. The molecule has 0 radical (unpaired) electrons. The molecule has 15 heavy (non-hydrogen) atoms. The molecular formula is C10H16FN3O. The largest absolute Gasteiger partial charge is 0.382 e. The van der Waals surface area contributed by atoms with E-state index in [9.17, 15) is 4.39 Å². The number of methoxy groups -OCH3 is 1. The van der Waals surface area contributed by atoms with Crippen LogP contribution in [0, 0.1) is 5.82 Å². The molecule has 84 valence electrons. The van der Waals surface area contributed by atoms with E-state index in [0.29, 0.717) is 12.0 Å². The molecule has 0 aliphatic carbocycles. The summed E-state index contributed by atoms with van der Waals surface area (Å²) in [5, 5.41) is 0. The van der Waals surface area contributed by atoms with E-state index >= 15 is 0 Å². The highest BCUT2D eigenvalue weighted by Crippen LogP contribution is 2.20. The maximum Gasteiger partial charge on any atom is 0.146 e. The van der Waals surface area contributed by atoms with E-state index in [-0.39, 0.29) is 18.0 Å². The van der Waals surface area contributed by atoms with Crippen LogP contribution >= 0.6 is 0 Å². The Morgan fingerprint density at radius 2 is 2.40 bits per heavy atom. The molecule has 1 aromatic heterocycles. The molecule has 0 fully saturated rings. The summed E-state index contributed by atoms with van der Waals surface area (Å²) in [6.45, 7) is 1.91. The molecule has 0 saturated heterocycles. The minimum absolute atomic E-state index is 0.0126. The zero-order valence-corrected chi connectivity index (χ0v) is 8.90. The lowest BCUT2D eigenvalue weighted by Crippen LogP contribution is -2.31. The highest BCUT2D eigenvalue weighted by molar-refractivity contribution is 5.17. The van der Waals surface area contributed by atoms with Gasteiger partial charge in [-0.15, -0.1) is 0 Å². The molecule has 0 aliphatic rings. The molecule has 0 amide bonds. The second-order valence-electron chi connectivity index (χ2n) is 3.40. The molecule has 4 nitrogen and oxygen atoms in total. The summed E-state index contributed by atoms with van der Waals surface area (Å²) in [6, 6.07) is 1.35. The quantitative estimate of drug-likeness (QED) is 0.569. The Balaban J connectivity index is 2.78. The summed E-state index contributed by atoms with van der Waals surface area (Å²) in [7, 11) is 1.61. The topological polar surface area (TPSA) is 60.2 Å². The number of hydrogen-bond acceptors (Lipinski definition) is 4. The van der Waals surface area contributed by atoms with Crippen molar-refractivity contribution in [1.82, 2.24) is 10.4 Å². The van der Waals surface area contributed by atoms with Crippen LogP contribution in [0.25, 0.3) is 0 Å². The van der Waals surface area contributed by atoms with Gasteiger partial charge in [0.25, 0.3) is 0 Å². The number of aromatic nitrogens is 1. The number of nitrogens with zero attached hydrogens (tertiary/aromatic N) is 1. The summed E-state index contributed by atoms with van der Waals surface area (Å²) in [5.41, 5.74) is 3.09. The molecule has 0 saturated carbocycles. The third-order valence-corrected chi connectivity index (χ3v) is 2.35. The zero-order chi connectivity index (χ0) is 11.3. The molecule has 0 aliphatic heterocycles. The van der Waals surface area contributed by atoms with Crippen LogP contribution in [-0.2, 0) is 4.74 Å². The molecular weight excluding hydrogens is 197 g/mol. The maximum atomic E-state index is 13.4. The Hall–Kier alpha value is -1.04. The van der Waals surface area contributed by atoms with E-state index in [1.54, 1.807) is 19.4 Å². The fraction of sp³-hybridized carbons (Fsp3) is 0.500. The lowest BCUT2D eigenvalue weighted by Gasteiger charge is -2.19. The van der Waals surface area contributed by atoms with Crippen molar-refractivity contribution in [3.8, 4) is 0 Å². The Kier molecular flexibility index (Phi) is 4.61. The lowest BCUT2D eigenvalue weighted by molar-refractivity contribution is 0.0999. The number of hydrogen-bond donors (Lipinski definition) is 2. The number of nitrogens with two attached hydrogens (primary N) is 1. The highest BCUT2D eigenvalue weighted by atomic mass is 19.1. The number of halogens is 1. The van der Waals surface area contributed by atoms with E-state index in [1.165, 1.54) is 6.20 Å². The standard InChI is InChI=1S/C10H16FN3O/c1-7(15-2)5-10(14-12)8-3-4-13-6-9(8)11/h3-4,6-7,10,14H,5,12H2,1-2H3. The minimum atomic E-state index is -0.358. The van der Waals surface area contributed by atoms with E-state index in [4.69, 9.17) is 10.6 Å². The lowest BCUT2D eigenvalue weighted by atomic mass is 10.0. The minimum Gasteiger partial charge on any atom is -0.382 e. The Morgan fingerprint density at radius 1 is 1.67 bits per heavy atom. The first-order valence-electron chi connectivity index (χ1n) is 4.77. The van der Waals surface area contributed by atoms with Crippen molar-refractivity contribution < 1.29 is 9.13 Å². The van der Waals surface area contributed by atoms with Crippen molar-refractivity contribution in [2.24, 2.45) is 5.84 Å². The predicted octanol–water partition coefficient (Wildman–Crippen LogP) is 1.15. The SMILES string of the molecule is COC(C)CC(NN)c1ccncc1F. The van der Waals surface area contributed by atoms with Crippen LogP contribution in [-0.4, -0.2) is 18.2 Å². The maximum absolute atomic E-state index is 13.4. The normalized spacial score (nSPS) is 14.9. The second-order valence-corrected chi connectivity index (χ2v) is 3.40. The van der Waals surface area contributed by atoms with Crippen LogP contribution < -0.4 is 11.3 Å². The fourth-order valence-electron chi connectivity index (χ4n) is 1.38. The molecule has 2 unspecified atom stereocenters. The van der Waals surface area contributed by atoms with Gasteiger partial charge in [0.05, 0.1) is 18.3 Å². The van der Waals surface area contributed by atoms with Crippen LogP contribution in [0.5, 0.6) is 0 Å². The van der Waals surface area contributed by atoms with Crippen molar-refractivity contribution in [3.63, 3.8) is 0 Å². The summed E-state index contributed by atoms with van der Waals surface area (Å²) >= 11 is 0. The molecule has 1 rings (SSSR count). The van der Waals surface area contributed by atoms with Gasteiger partial charge in [0.1, 0.15) is 5.82 Å².